The number of rotatable bonds is 7. The van der Waals surface area contributed by atoms with Crippen LogP contribution in [0.5, 0.6) is 0 Å². The quantitative estimate of drug-likeness (QED) is 0.477. The second-order valence-corrected chi connectivity index (χ2v) is 7.30. The van der Waals surface area contributed by atoms with Crippen LogP contribution in [0.15, 0.2) is 53.5 Å². The van der Waals surface area contributed by atoms with Gasteiger partial charge in [0.05, 0.1) is 6.54 Å². The SMILES string of the molecule is CCNC(=NCc1cccc(NC(=O)C2CCCO2)c1)NCc1ccc(Cl)cc1. The van der Waals surface area contributed by atoms with Crippen LogP contribution in [-0.2, 0) is 22.6 Å². The summed E-state index contributed by atoms with van der Waals surface area (Å²) >= 11 is 5.93. The van der Waals surface area contributed by atoms with Crippen molar-refractivity contribution in [2.24, 2.45) is 4.99 Å². The van der Waals surface area contributed by atoms with Crippen molar-refractivity contribution in [2.75, 3.05) is 18.5 Å². The van der Waals surface area contributed by atoms with Crippen molar-refractivity contribution in [2.45, 2.75) is 39.0 Å². The molecule has 1 aliphatic heterocycles. The molecule has 1 aliphatic rings. The second kappa shape index (κ2) is 10.8. The van der Waals surface area contributed by atoms with Crippen LogP contribution in [0.4, 0.5) is 5.69 Å². The third-order valence-electron chi connectivity index (χ3n) is 4.55. The highest BCUT2D eigenvalue weighted by atomic mass is 35.5. The predicted molar refractivity (Wildman–Crippen MR) is 117 cm³/mol. The molecule has 29 heavy (non-hydrogen) atoms. The van der Waals surface area contributed by atoms with E-state index in [1.165, 1.54) is 0 Å². The molecule has 0 aliphatic carbocycles. The molecule has 6 nitrogen and oxygen atoms in total. The minimum atomic E-state index is -0.339. The smallest absolute Gasteiger partial charge is 0.253 e. The first kappa shape index (κ1) is 21.1. The zero-order chi connectivity index (χ0) is 20.5. The standard InChI is InChI=1S/C22H27ClN4O2/c1-2-24-22(25-14-16-8-10-18(23)11-9-16)26-15-17-5-3-6-19(13-17)27-21(28)20-7-4-12-29-20/h3,5-6,8-11,13,20H,2,4,7,12,14-15H2,1H3,(H,27,28)(H2,24,25,26). The lowest BCUT2D eigenvalue weighted by molar-refractivity contribution is -0.124. The van der Waals surface area contributed by atoms with E-state index in [1.807, 2.05) is 55.5 Å². The highest BCUT2D eigenvalue weighted by molar-refractivity contribution is 6.30. The first-order chi connectivity index (χ1) is 14.1. The van der Waals surface area contributed by atoms with Crippen molar-refractivity contribution in [3.05, 3.63) is 64.7 Å². The van der Waals surface area contributed by atoms with Crippen LogP contribution in [-0.4, -0.2) is 31.1 Å². The molecule has 3 rings (SSSR count). The number of guanidine groups is 1. The fourth-order valence-corrected chi connectivity index (χ4v) is 3.18. The lowest BCUT2D eigenvalue weighted by Crippen LogP contribution is -2.36. The lowest BCUT2D eigenvalue weighted by Gasteiger charge is -2.12. The van der Waals surface area contributed by atoms with Crippen LogP contribution in [0.25, 0.3) is 0 Å². The Bertz CT molecular complexity index is 833. The molecule has 1 unspecified atom stereocenters. The maximum absolute atomic E-state index is 12.2. The zero-order valence-corrected chi connectivity index (χ0v) is 17.3. The van der Waals surface area contributed by atoms with Gasteiger partial charge in [0.25, 0.3) is 5.91 Å². The molecule has 1 amide bonds. The highest BCUT2D eigenvalue weighted by Gasteiger charge is 2.23. The Kier molecular flexibility index (Phi) is 7.90. The van der Waals surface area contributed by atoms with Gasteiger partial charge in [-0.25, -0.2) is 4.99 Å². The molecule has 7 heteroatoms. The van der Waals surface area contributed by atoms with Gasteiger partial charge in [-0.3, -0.25) is 4.79 Å². The van der Waals surface area contributed by atoms with E-state index in [2.05, 4.69) is 20.9 Å². The minimum absolute atomic E-state index is 0.0823. The Morgan fingerprint density at radius 3 is 2.72 bits per heavy atom. The fraction of sp³-hybridized carbons (Fsp3) is 0.364. The average molecular weight is 415 g/mol. The van der Waals surface area contributed by atoms with E-state index < -0.39 is 0 Å². The van der Waals surface area contributed by atoms with Crippen molar-refractivity contribution in [3.8, 4) is 0 Å². The van der Waals surface area contributed by atoms with Crippen molar-refractivity contribution in [1.82, 2.24) is 10.6 Å². The van der Waals surface area contributed by atoms with Crippen LogP contribution >= 0.6 is 11.6 Å². The molecular formula is C22H27ClN4O2. The van der Waals surface area contributed by atoms with E-state index in [-0.39, 0.29) is 12.0 Å². The molecule has 0 aromatic heterocycles. The number of hydrogen-bond acceptors (Lipinski definition) is 3. The summed E-state index contributed by atoms with van der Waals surface area (Å²) in [6.45, 7) is 4.60. The molecule has 1 fully saturated rings. The number of aliphatic imine (C=N–C) groups is 1. The van der Waals surface area contributed by atoms with Crippen LogP contribution in [0.2, 0.25) is 5.02 Å². The topological polar surface area (TPSA) is 74.8 Å². The second-order valence-electron chi connectivity index (χ2n) is 6.87. The number of ether oxygens (including phenoxy) is 1. The highest BCUT2D eigenvalue weighted by Crippen LogP contribution is 2.16. The fourth-order valence-electron chi connectivity index (χ4n) is 3.05. The van der Waals surface area contributed by atoms with E-state index in [0.717, 1.165) is 47.2 Å². The Balaban J connectivity index is 1.58. The van der Waals surface area contributed by atoms with Gasteiger partial charge in [-0.2, -0.15) is 0 Å². The number of carbonyl (C=O) groups excluding carboxylic acids is 1. The van der Waals surface area contributed by atoms with Gasteiger partial charge >= 0.3 is 0 Å². The van der Waals surface area contributed by atoms with Crippen LogP contribution in [0.1, 0.15) is 30.9 Å². The number of benzene rings is 2. The summed E-state index contributed by atoms with van der Waals surface area (Å²) in [5.41, 5.74) is 2.90. The number of halogens is 1. The average Bonchev–Trinajstić information content (AvgIpc) is 3.27. The maximum Gasteiger partial charge on any atom is 0.253 e. The molecule has 1 heterocycles. The van der Waals surface area contributed by atoms with Gasteiger partial charge < -0.3 is 20.7 Å². The monoisotopic (exact) mass is 414 g/mol. The summed E-state index contributed by atoms with van der Waals surface area (Å²) in [7, 11) is 0. The number of carbonyl (C=O) groups is 1. The molecule has 1 atom stereocenters. The van der Waals surface area contributed by atoms with E-state index >= 15 is 0 Å². The van der Waals surface area contributed by atoms with Gasteiger partial charge in [0.15, 0.2) is 5.96 Å². The van der Waals surface area contributed by atoms with E-state index in [4.69, 9.17) is 16.3 Å². The third kappa shape index (κ3) is 6.76. The number of hydrogen-bond donors (Lipinski definition) is 3. The van der Waals surface area contributed by atoms with Gasteiger partial charge in [0.2, 0.25) is 0 Å². The van der Waals surface area contributed by atoms with Crippen LogP contribution in [0.3, 0.4) is 0 Å². The van der Waals surface area contributed by atoms with Gasteiger partial charge in [-0.1, -0.05) is 35.9 Å². The summed E-state index contributed by atoms with van der Waals surface area (Å²) in [4.78, 5) is 16.9. The molecule has 2 aromatic carbocycles. The summed E-state index contributed by atoms with van der Waals surface area (Å²) < 4.78 is 5.44. The third-order valence-corrected chi connectivity index (χ3v) is 4.81. The Morgan fingerprint density at radius 2 is 2.00 bits per heavy atom. The molecule has 0 radical (unpaired) electrons. The number of nitrogens with one attached hydrogen (secondary N) is 3. The molecule has 154 valence electrons. The number of anilines is 1. The maximum atomic E-state index is 12.2. The normalized spacial score (nSPS) is 16.5. The molecule has 0 bridgehead atoms. The Labute approximate surface area is 176 Å². The van der Waals surface area contributed by atoms with E-state index in [1.54, 1.807) is 0 Å². The molecule has 2 aromatic rings. The van der Waals surface area contributed by atoms with Gasteiger partial charge in [-0.05, 0) is 55.2 Å². The first-order valence-electron chi connectivity index (χ1n) is 9.92. The summed E-state index contributed by atoms with van der Waals surface area (Å²) in [6, 6.07) is 15.5. The first-order valence-corrected chi connectivity index (χ1v) is 10.3. The van der Waals surface area contributed by atoms with Crippen molar-refractivity contribution < 1.29 is 9.53 Å². The van der Waals surface area contributed by atoms with Crippen LogP contribution < -0.4 is 16.0 Å². The molecular weight excluding hydrogens is 388 g/mol. The summed E-state index contributed by atoms with van der Waals surface area (Å²) in [5, 5.41) is 10.2. The Hall–Kier alpha value is -2.57. The molecule has 0 spiro atoms. The van der Waals surface area contributed by atoms with Crippen LogP contribution in [0, 0.1) is 0 Å². The van der Waals surface area contributed by atoms with Gasteiger partial charge in [0.1, 0.15) is 6.10 Å². The van der Waals surface area contributed by atoms with E-state index in [0.29, 0.717) is 19.7 Å². The van der Waals surface area contributed by atoms with Crippen molar-refractivity contribution in [1.29, 1.82) is 0 Å². The predicted octanol–water partition coefficient (Wildman–Crippen LogP) is 3.71. The molecule has 3 N–H and O–H groups in total. The zero-order valence-electron chi connectivity index (χ0n) is 16.6. The van der Waals surface area contributed by atoms with Gasteiger partial charge in [-0.15, -0.1) is 0 Å². The largest absolute Gasteiger partial charge is 0.368 e. The summed E-state index contributed by atoms with van der Waals surface area (Å²) in [6.07, 6.45) is 1.37. The molecule has 1 saturated heterocycles. The lowest BCUT2D eigenvalue weighted by atomic mass is 10.2. The molecule has 0 saturated carbocycles. The number of amides is 1. The van der Waals surface area contributed by atoms with Crippen molar-refractivity contribution >= 4 is 29.2 Å². The minimum Gasteiger partial charge on any atom is -0.368 e. The van der Waals surface area contributed by atoms with E-state index in [9.17, 15) is 4.79 Å². The van der Waals surface area contributed by atoms with Crippen molar-refractivity contribution in [3.63, 3.8) is 0 Å². The number of nitrogens with zero attached hydrogens (tertiary/aromatic N) is 1. The summed E-state index contributed by atoms with van der Waals surface area (Å²) in [5.74, 6) is 0.650. The Morgan fingerprint density at radius 1 is 1.17 bits per heavy atom. The van der Waals surface area contributed by atoms with Gasteiger partial charge in [0, 0.05) is 30.4 Å².